The Kier molecular flexibility index (Phi) is 5.35. The van der Waals surface area contributed by atoms with E-state index in [1.165, 1.54) is 0 Å². The first-order valence-corrected chi connectivity index (χ1v) is 6.39. The molecule has 5 nitrogen and oxygen atoms in total. The minimum absolute atomic E-state index is 0.0467. The summed E-state index contributed by atoms with van der Waals surface area (Å²) in [7, 11) is 0. The summed E-state index contributed by atoms with van der Waals surface area (Å²) in [6.45, 7) is 4.03. The van der Waals surface area contributed by atoms with Crippen LogP contribution < -0.4 is 0 Å². The Bertz CT molecular complexity index is 368. The van der Waals surface area contributed by atoms with Gasteiger partial charge in [0.25, 0.3) is 11.8 Å². The molecule has 0 aromatic carbocycles. The van der Waals surface area contributed by atoms with Crippen LogP contribution in [0.1, 0.15) is 6.42 Å². The molecule has 0 unspecified atom stereocenters. The van der Waals surface area contributed by atoms with Crippen molar-refractivity contribution in [1.29, 1.82) is 0 Å². The molecule has 17 heavy (non-hydrogen) atoms. The molecule has 0 fully saturated rings. The van der Waals surface area contributed by atoms with E-state index in [0.29, 0.717) is 13.0 Å². The monoisotopic (exact) mass is 367 g/mol. The normalized spacial score (nSPS) is 16.0. The molecule has 0 aliphatic carbocycles. The lowest BCUT2D eigenvalue weighted by atomic mass is 10.4. The summed E-state index contributed by atoms with van der Waals surface area (Å²) in [6, 6.07) is 0. The van der Waals surface area contributed by atoms with Gasteiger partial charge in [-0.3, -0.25) is 14.5 Å². The number of amides is 2. The molecule has 0 bridgehead atoms. The number of carbonyl (C=O) groups excluding carboxylic acids is 2. The number of hydrogen-bond donors (Lipinski definition) is 1. The Morgan fingerprint density at radius 2 is 1.76 bits per heavy atom. The second kappa shape index (κ2) is 6.32. The first-order valence-electron chi connectivity index (χ1n) is 4.81. The molecule has 7 heteroatoms. The van der Waals surface area contributed by atoms with Crippen LogP contribution in [0.4, 0.5) is 0 Å². The molecule has 0 radical (unpaired) electrons. The van der Waals surface area contributed by atoms with E-state index in [4.69, 9.17) is 9.84 Å². The van der Waals surface area contributed by atoms with Crippen LogP contribution in [0.3, 0.4) is 0 Å². The van der Waals surface area contributed by atoms with Crippen molar-refractivity contribution in [2.75, 3.05) is 19.8 Å². The topological polar surface area (TPSA) is 66.8 Å². The zero-order valence-electron chi connectivity index (χ0n) is 8.91. The number of halogens is 2. The fraction of sp³-hybridized carbons (Fsp3) is 0.400. The van der Waals surface area contributed by atoms with E-state index < -0.39 is 0 Å². The van der Waals surface area contributed by atoms with Gasteiger partial charge in [-0.1, -0.05) is 6.58 Å². The van der Waals surface area contributed by atoms with Gasteiger partial charge in [0.1, 0.15) is 8.96 Å². The lowest BCUT2D eigenvalue weighted by Gasteiger charge is -2.13. The Morgan fingerprint density at radius 3 is 2.24 bits per heavy atom. The van der Waals surface area contributed by atoms with E-state index in [0.717, 1.165) is 4.90 Å². The van der Waals surface area contributed by atoms with Crippen molar-refractivity contribution in [3.63, 3.8) is 0 Å². The SMILES string of the molecule is C=C(O)CCOCCN1C(=O)C(Br)=C(Br)C1=O. The van der Waals surface area contributed by atoms with Crippen LogP contribution in [-0.2, 0) is 14.3 Å². The highest BCUT2D eigenvalue weighted by atomic mass is 79.9. The zero-order valence-corrected chi connectivity index (χ0v) is 12.1. The zero-order chi connectivity index (χ0) is 13.0. The quantitative estimate of drug-likeness (QED) is 0.441. The summed E-state index contributed by atoms with van der Waals surface area (Å²) < 4.78 is 5.61. The van der Waals surface area contributed by atoms with Crippen molar-refractivity contribution in [2.45, 2.75) is 6.42 Å². The molecule has 1 N–H and O–H groups in total. The molecule has 1 heterocycles. The lowest BCUT2D eigenvalue weighted by molar-refractivity contribution is -0.137. The van der Waals surface area contributed by atoms with Crippen LogP contribution in [0.15, 0.2) is 21.3 Å². The third-order valence-electron chi connectivity index (χ3n) is 2.05. The summed E-state index contributed by atoms with van der Waals surface area (Å²) in [5, 5.41) is 8.80. The van der Waals surface area contributed by atoms with E-state index in [9.17, 15) is 9.59 Å². The Morgan fingerprint density at radius 1 is 1.24 bits per heavy atom. The van der Waals surface area contributed by atoms with Gasteiger partial charge in [-0.2, -0.15) is 0 Å². The number of aliphatic hydroxyl groups is 1. The third kappa shape index (κ3) is 3.65. The lowest BCUT2D eigenvalue weighted by Crippen LogP contribution is -2.34. The number of hydrogen-bond acceptors (Lipinski definition) is 4. The minimum Gasteiger partial charge on any atom is -0.513 e. The van der Waals surface area contributed by atoms with Crippen molar-refractivity contribution in [2.24, 2.45) is 0 Å². The largest absolute Gasteiger partial charge is 0.513 e. The number of ether oxygens (including phenoxy) is 1. The highest BCUT2D eigenvalue weighted by Crippen LogP contribution is 2.28. The van der Waals surface area contributed by atoms with Crippen LogP contribution in [0.2, 0.25) is 0 Å². The summed E-state index contributed by atoms with van der Waals surface area (Å²) in [5.41, 5.74) is 0. The Balaban J connectivity index is 2.33. The van der Waals surface area contributed by atoms with Gasteiger partial charge in [-0.15, -0.1) is 0 Å². The first-order chi connectivity index (χ1) is 7.95. The van der Waals surface area contributed by atoms with Crippen molar-refractivity contribution in [3.05, 3.63) is 21.3 Å². The fourth-order valence-corrected chi connectivity index (χ4v) is 1.94. The molecule has 0 aromatic heterocycles. The maximum absolute atomic E-state index is 11.6. The molecule has 0 atom stereocenters. The molecule has 0 spiro atoms. The van der Waals surface area contributed by atoms with E-state index in [1.807, 2.05) is 0 Å². The number of aliphatic hydroxyl groups excluding tert-OH is 1. The standard InChI is InChI=1S/C10H11Br2NO4/c1-6(14)2-4-17-5-3-13-9(15)7(11)8(12)10(13)16/h14H,1-5H2. The molecule has 0 saturated heterocycles. The van der Waals surface area contributed by atoms with Crippen LogP contribution in [0, 0.1) is 0 Å². The highest BCUT2D eigenvalue weighted by molar-refractivity contribution is 9.14. The maximum Gasteiger partial charge on any atom is 0.269 e. The van der Waals surface area contributed by atoms with Crippen LogP contribution in [-0.4, -0.2) is 41.6 Å². The van der Waals surface area contributed by atoms with Crippen LogP contribution >= 0.6 is 31.9 Å². The van der Waals surface area contributed by atoms with Crippen molar-refractivity contribution < 1.29 is 19.4 Å². The predicted octanol–water partition coefficient (Wildman–Crippen LogP) is 1.83. The predicted molar refractivity (Wildman–Crippen MR) is 68.8 cm³/mol. The average Bonchev–Trinajstić information content (AvgIpc) is 2.45. The van der Waals surface area contributed by atoms with E-state index >= 15 is 0 Å². The van der Waals surface area contributed by atoms with Gasteiger partial charge >= 0.3 is 0 Å². The average molecular weight is 369 g/mol. The Hall–Kier alpha value is -0.660. The molecule has 1 aliphatic heterocycles. The smallest absolute Gasteiger partial charge is 0.269 e. The van der Waals surface area contributed by atoms with Crippen molar-refractivity contribution >= 4 is 43.7 Å². The number of nitrogens with zero attached hydrogens (tertiary/aromatic N) is 1. The summed E-state index contributed by atoms with van der Waals surface area (Å²) in [4.78, 5) is 24.2. The minimum atomic E-state index is -0.378. The van der Waals surface area contributed by atoms with E-state index in [2.05, 4.69) is 38.4 Å². The van der Waals surface area contributed by atoms with Crippen molar-refractivity contribution in [3.8, 4) is 0 Å². The van der Waals surface area contributed by atoms with E-state index in [1.54, 1.807) is 0 Å². The second-order valence-corrected chi connectivity index (χ2v) is 4.90. The van der Waals surface area contributed by atoms with Gasteiger partial charge in [0.2, 0.25) is 0 Å². The van der Waals surface area contributed by atoms with Crippen LogP contribution in [0.5, 0.6) is 0 Å². The molecule has 0 aromatic rings. The van der Waals surface area contributed by atoms with E-state index in [-0.39, 0.29) is 39.7 Å². The first kappa shape index (κ1) is 14.4. The molecule has 0 saturated carbocycles. The highest BCUT2D eigenvalue weighted by Gasteiger charge is 2.35. The summed E-state index contributed by atoms with van der Waals surface area (Å²) >= 11 is 6.05. The second-order valence-electron chi connectivity index (χ2n) is 3.32. The van der Waals surface area contributed by atoms with Crippen LogP contribution in [0.25, 0.3) is 0 Å². The summed E-state index contributed by atoms with van der Waals surface area (Å²) in [6.07, 6.45) is 0.341. The van der Waals surface area contributed by atoms with Gasteiger partial charge in [-0.05, 0) is 31.9 Å². The molecular formula is C10H11Br2NO4. The van der Waals surface area contributed by atoms with Gasteiger partial charge in [0.15, 0.2) is 0 Å². The van der Waals surface area contributed by atoms with Crippen molar-refractivity contribution in [1.82, 2.24) is 4.90 Å². The number of carbonyl (C=O) groups is 2. The maximum atomic E-state index is 11.6. The van der Waals surface area contributed by atoms with Gasteiger partial charge in [0, 0.05) is 6.42 Å². The number of rotatable bonds is 6. The molecule has 1 aliphatic rings. The third-order valence-corrected chi connectivity index (χ3v) is 4.06. The Labute approximate surface area is 115 Å². The molecule has 94 valence electrons. The summed E-state index contributed by atoms with van der Waals surface area (Å²) in [5.74, 6) is -0.709. The fourth-order valence-electron chi connectivity index (χ4n) is 1.17. The van der Waals surface area contributed by atoms with Gasteiger partial charge < -0.3 is 9.84 Å². The van der Waals surface area contributed by atoms with Gasteiger partial charge in [-0.25, -0.2) is 0 Å². The molecular weight excluding hydrogens is 358 g/mol. The molecule has 2 amide bonds. The van der Waals surface area contributed by atoms with Gasteiger partial charge in [0.05, 0.1) is 25.5 Å². The number of imide groups is 1. The molecule has 1 rings (SSSR count).